The molecule has 7 heteroatoms. The summed E-state index contributed by atoms with van der Waals surface area (Å²) in [5, 5.41) is 3.32. The van der Waals surface area contributed by atoms with Gasteiger partial charge in [-0.1, -0.05) is 11.6 Å². The summed E-state index contributed by atoms with van der Waals surface area (Å²) < 4.78 is 13.1. The standard InChI is InChI=1S/C22H25ClFN3O2/c1-14(28)27(20-9-6-18(25)7-10-20)13-16-12-19(8-11-21(16)23)26-22(29)15-2-4-17(24)5-3-15/h2-5,8,11-12,18,20H,6-7,9-10,13,25H2,1H3,(H,26,29). The third-order valence-corrected chi connectivity index (χ3v) is 5.71. The summed E-state index contributed by atoms with van der Waals surface area (Å²) in [6.45, 7) is 1.93. The van der Waals surface area contributed by atoms with Crippen molar-refractivity contribution in [3.63, 3.8) is 0 Å². The first-order valence-electron chi connectivity index (χ1n) is 9.71. The predicted molar refractivity (Wildman–Crippen MR) is 112 cm³/mol. The third-order valence-electron chi connectivity index (χ3n) is 5.34. The highest BCUT2D eigenvalue weighted by Gasteiger charge is 2.26. The lowest BCUT2D eigenvalue weighted by molar-refractivity contribution is -0.132. The Bertz CT molecular complexity index is 880. The molecule has 1 aliphatic carbocycles. The smallest absolute Gasteiger partial charge is 0.255 e. The van der Waals surface area contributed by atoms with Crippen LogP contribution in [0.25, 0.3) is 0 Å². The summed E-state index contributed by atoms with van der Waals surface area (Å²) >= 11 is 6.37. The number of anilines is 1. The van der Waals surface area contributed by atoms with Crippen LogP contribution < -0.4 is 11.1 Å². The maximum absolute atomic E-state index is 13.1. The molecule has 1 fully saturated rings. The molecule has 3 rings (SSSR count). The Kier molecular flexibility index (Phi) is 6.87. The number of hydrogen-bond acceptors (Lipinski definition) is 3. The van der Waals surface area contributed by atoms with Gasteiger partial charge in [-0.15, -0.1) is 0 Å². The normalized spacial score (nSPS) is 18.9. The van der Waals surface area contributed by atoms with Crippen LogP contribution in [0.3, 0.4) is 0 Å². The van der Waals surface area contributed by atoms with E-state index < -0.39 is 5.82 Å². The number of benzene rings is 2. The minimum Gasteiger partial charge on any atom is -0.336 e. The van der Waals surface area contributed by atoms with Crippen LogP contribution in [0.2, 0.25) is 5.02 Å². The van der Waals surface area contributed by atoms with Crippen LogP contribution >= 0.6 is 11.6 Å². The number of rotatable bonds is 5. The fraction of sp³-hybridized carbons (Fsp3) is 0.364. The van der Waals surface area contributed by atoms with Crippen LogP contribution in [-0.4, -0.2) is 28.8 Å². The minimum absolute atomic E-state index is 0.0118. The van der Waals surface area contributed by atoms with Crippen molar-refractivity contribution in [2.24, 2.45) is 5.73 Å². The second-order valence-corrected chi connectivity index (χ2v) is 7.89. The SMILES string of the molecule is CC(=O)N(Cc1cc(NC(=O)c2ccc(F)cc2)ccc1Cl)C1CCC(N)CC1. The lowest BCUT2D eigenvalue weighted by Gasteiger charge is -2.35. The fourth-order valence-electron chi connectivity index (χ4n) is 3.67. The van der Waals surface area contributed by atoms with Gasteiger partial charge in [-0.05, 0) is 73.7 Å². The van der Waals surface area contributed by atoms with Crippen molar-refractivity contribution < 1.29 is 14.0 Å². The van der Waals surface area contributed by atoms with E-state index in [2.05, 4.69) is 5.32 Å². The molecule has 154 valence electrons. The van der Waals surface area contributed by atoms with Gasteiger partial charge in [0, 0.05) is 41.8 Å². The van der Waals surface area contributed by atoms with Crippen LogP contribution in [0.1, 0.15) is 48.5 Å². The highest BCUT2D eigenvalue weighted by atomic mass is 35.5. The third kappa shape index (κ3) is 5.55. The number of carbonyl (C=O) groups is 2. The number of nitrogens with two attached hydrogens (primary N) is 1. The van der Waals surface area contributed by atoms with Crippen LogP contribution in [0.4, 0.5) is 10.1 Å². The fourth-order valence-corrected chi connectivity index (χ4v) is 3.85. The number of nitrogens with one attached hydrogen (secondary N) is 1. The molecule has 0 radical (unpaired) electrons. The summed E-state index contributed by atoms with van der Waals surface area (Å²) in [6, 6.07) is 10.8. The molecule has 1 aliphatic rings. The number of amides is 2. The van der Waals surface area contributed by atoms with Crippen molar-refractivity contribution in [2.75, 3.05) is 5.32 Å². The molecule has 0 heterocycles. The predicted octanol–water partition coefficient (Wildman–Crippen LogP) is 4.35. The van der Waals surface area contributed by atoms with E-state index in [4.69, 9.17) is 17.3 Å². The van der Waals surface area contributed by atoms with E-state index in [1.54, 1.807) is 25.1 Å². The minimum atomic E-state index is -0.400. The average molecular weight is 418 g/mol. The van der Waals surface area contributed by atoms with Crippen LogP contribution in [0, 0.1) is 5.82 Å². The average Bonchev–Trinajstić information content (AvgIpc) is 2.69. The van der Waals surface area contributed by atoms with Gasteiger partial charge in [0.25, 0.3) is 5.91 Å². The van der Waals surface area contributed by atoms with Crippen molar-refractivity contribution in [1.82, 2.24) is 4.90 Å². The first-order chi connectivity index (χ1) is 13.8. The molecule has 2 amide bonds. The van der Waals surface area contributed by atoms with Crippen molar-refractivity contribution in [1.29, 1.82) is 0 Å². The molecule has 2 aromatic rings. The second kappa shape index (κ2) is 9.37. The molecule has 5 nitrogen and oxygen atoms in total. The quantitative estimate of drug-likeness (QED) is 0.759. The zero-order valence-corrected chi connectivity index (χ0v) is 17.1. The Morgan fingerprint density at radius 1 is 1.14 bits per heavy atom. The van der Waals surface area contributed by atoms with E-state index >= 15 is 0 Å². The van der Waals surface area contributed by atoms with Gasteiger partial charge in [0.1, 0.15) is 5.82 Å². The summed E-state index contributed by atoms with van der Waals surface area (Å²) in [5.41, 5.74) is 7.66. The summed E-state index contributed by atoms with van der Waals surface area (Å²) in [4.78, 5) is 26.5. The molecule has 0 aliphatic heterocycles. The van der Waals surface area contributed by atoms with Crippen LogP contribution in [0.15, 0.2) is 42.5 Å². The van der Waals surface area contributed by atoms with Gasteiger partial charge >= 0.3 is 0 Å². The lowest BCUT2D eigenvalue weighted by atomic mass is 9.90. The Morgan fingerprint density at radius 3 is 2.41 bits per heavy atom. The zero-order valence-electron chi connectivity index (χ0n) is 16.3. The van der Waals surface area contributed by atoms with Crippen LogP contribution in [0.5, 0.6) is 0 Å². The number of nitrogens with zero attached hydrogens (tertiary/aromatic N) is 1. The lowest BCUT2D eigenvalue weighted by Crippen LogP contribution is -2.42. The first-order valence-corrected chi connectivity index (χ1v) is 10.1. The maximum Gasteiger partial charge on any atom is 0.255 e. The monoisotopic (exact) mass is 417 g/mol. The molecular formula is C22H25ClFN3O2. The molecule has 0 unspecified atom stereocenters. The zero-order chi connectivity index (χ0) is 21.0. The van der Waals surface area contributed by atoms with Gasteiger partial charge in [0.15, 0.2) is 0 Å². The molecule has 0 atom stereocenters. The van der Waals surface area contributed by atoms with Gasteiger partial charge in [0.2, 0.25) is 5.91 Å². The number of carbonyl (C=O) groups excluding carboxylic acids is 2. The van der Waals surface area contributed by atoms with Gasteiger partial charge in [0.05, 0.1) is 0 Å². The molecule has 1 saturated carbocycles. The summed E-state index contributed by atoms with van der Waals surface area (Å²) in [5.74, 6) is -0.756. The maximum atomic E-state index is 13.1. The van der Waals surface area contributed by atoms with Crippen molar-refractivity contribution in [3.05, 3.63) is 64.4 Å². The number of halogens is 2. The molecule has 3 N–H and O–H groups in total. The van der Waals surface area contributed by atoms with E-state index in [9.17, 15) is 14.0 Å². The highest BCUT2D eigenvalue weighted by Crippen LogP contribution is 2.27. The molecule has 29 heavy (non-hydrogen) atoms. The Labute approximate surface area is 175 Å². The van der Waals surface area contributed by atoms with E-state index in [-0.39, 0.29) is 23.9 Å². The van der Waals surface area contributed by atoms with E-state index in [0.717, 1.165) is 31.2 Å². The Hall–Kier alpha value is -2.44. The Morgan fingerprint density at radius 2 is 1.79 bits per heavy atom. The molecule has 0 aromatic heterocycles. The molecular weight excluding hydrogens is 393 g/mol. The van der Waals surface area contributed by atoms with Crippen molar-refractivity contribution >= 4 is 29.1 Å². The summed E-state index contributed by atoms with van der Waals surface area (Å²) in [7, 11) is 0. The van der Waals surface area contributed by atoms with Gasteiger partial charge in [-0.2, -0.15) is 0 Å². The van der Waals surface area contributed by atoms with Gasteiger partial charge in [-0.25, -0.2) is 4.39 Å². The van der Waals surface area contributed by atoms with E-state index in [1.807, 2.05) is 4.90 Å². The summed E-state index contributed by atoms with van der Waals surface area (Å²) in [6.07, 6.45) is 3.55. The molecule has 0 spiro atoms. The number of hydrogen-bond donors (Lipinski definition) is 2. The topological polar surface area (TPSA) is 75.4 Å². The van der Waals surface area contributed by atoms with Gasteiger partial charge < -0.3 is 16.0 Å². The highest BCUT2D eigenvalue weighted by molar-refractivity contribution is 6.31. The first kappa shape index (κ1) is 21.3. The van der Waals surface area contributed by atoms with Crippen molar-refractivity contribution in [2.45, 2.75) is 51.2 Å². The van der Waals surface area contributed by atoms with Gasteiger partial charge in [-0.3, -0.25) is 9.59 Å². The largest absolute Gasteiger partial charge is 0.336 e. The molecule has 0 bridgehead atoms. The second-order valence-electron chi connectivity index (χ2n) is 7.48. The van der Waals surface area contributed by atoms with E-state index in [0.29, 0.717) is 22.8 Å². The Balaban J connectivity index is 1.74. The van der Waals surface area contributed by atoms with Crippen LogP contribution in [-0.2, 0) is 11.3 Å². The molecule has 0 saturated heterocycles. The van der Waals surface area contributed by atoms with E-state index in [1.165, 1.54) is 24.3 Å². The van der Waals surface area contributed by atoms with Crippen molar-refractivity contribution in [3.8, 4) is 0 Å². The molecule has 2 aromatic carbocycles.